The molecule has 33 heavy (non-hydrogen) atoms. The number of aliphatic hydroxyl groups excluding tert-OH is 1. The molecule has 0 amide bonds. The summed E-state index contributed by atoms with van der Waals surface area (Å²) in [5.41, 5.74) is -0.279. The Morgan fingerprint density at radius 3 is 1.61 bits per heavy atom. The van der Waals surface area contributed by atoms with E-state index < -0.39 is 53.9 Å². The maximum atomic E-state index is 14.0. The van der Waals surface area contributed by atoms with E-state index in [4.69, 9.17) is 0 Å². The average Bonchev–Trinajstić information content (AvgIpc) is 2.67. The highest BCUT2D eigenvalue weighted by Gasteiger charge is 2.90. The van der Waals surface area contributed by atoms with Crippen LogP contribution in [0.3, 0.4) is 0 Å². The van der Waals surface area contributed by atoms with Crippen molar-refractivity contribution in [1.82, 2.24) is 0 Å². The topological polar surface area (TPSA) is 23.5 Å². The van der Waals surface area contributed by atoms with Crippen molar-refractivity contribution in [3.8, 4) is 0 Å². The number of benzene rings is 1. The van der Waals surface area contributed by atoms with Crippen molar-refractivity contribution in [3.63, 3.8) is 0 Å². The summed E-state index contributed by atoms with van der Waals surface area (Å²) in [5, 5.41) is 9.84. The molecule has 1 rings (SSSR count). The van der Waals surface area contributed by atoms with Crippen molar-refractivity contribution in [2.75, 3.05) is 18.0 Å². The largest absolute Gasteiger partial charge is 0.460 e. The molecule has 0 saturated heterocycles. The molecule has 192 valence electrons. The second-order valence-corrected chi connectivity index (χ2v) is 6.99. The third-order valence-electron chi connectivity index (χ3n) is 4.83. The summed E-state index contributed by atoms with van der Waals surface area (Å²) in [6, 6.07) is 4.46. The number of hydrogen-bond donors (Lipinski definition) is 1. The van der Waals surface area contributed by atoms with Gasteiger partial charge in [-0.3, -0.25) is 0 Å². The molecule has 0 aliphatic heterocycles. The first-order valence-corrected chi connectivity index (χ1v) is 9.11. The van der Waals surface area contributed by atoms with Crippen LogP contribution in [0.5, 0.6) is 0 Å². The van der Waals surface area contributed by atoms with Crippen molar-refractivity contribution >= 4 is 5.69 Å². The highest BCUT2D eigenvalue weighted by atomic mass is 19.4. The Morgan fingerprint density at radius 2 is 1.18 bits per heavy atom. The summed E-state index contributed by atoms with van der Waals surface area (Å²) in [5.74, 6) is -37.4. The van der Waals surface area contributed by atoms with E-state index in [1.54, 1.807) is 18.7 Å². The van der Waals surface area contributed by atoms with Crippen molar-refractivity contribution < 1.29 is 62.2 Å². The van der Waals surface area contributed by atoms with Gasteiger partial charge in [0.2, 0.25) is 0 Å². The summed E-state index contributed by atoms with van der Waals surface area (Å²) in [6.07, 6.45) is -12.9. The van der Waals surface area contributed by atoms with Gasteiger partial charge in [0.15, 0.2) is 0 Å². The van der Waals surface area contributed by atoms with Crippen molar-refractivity contribution in [1.29, 1.82) is 0 Å². The van der Waals surface area contributed by atoms with Gasteiger partial charge in [0.1, 0.15) is 0 Å². The van der Waals surface area contributed by atoms with E-state index in [9.17, 15) is 62.2 Å². The molecule has 0 aromatic heterocycles. The second kappa shape index (κ2) is 9.02. The molecule has 0 aliphatic carbocycles. The number of hydrogen-bond acceptors (Lipinski definition) is 2. The van der Waals surface area contributed by atoms with Gasteiger partial charge in [-0.25, -0.2) is 0 Å². The predicted molar refractivity (Wildman–Crippen MR) is 90.4 cm³/mol. The van der Waals surface area contributed by atoms with Crippen LogP contribution in [0.1, 0.15) is 31.9 Å². The molecule has 0 spiro atoms. The Hall–Kier alpha value is -1.93. The van der Waals surface area contributed by atoms with Crippen LogP contribution in [-0.2, 0) is 0 Å². The second-order valence-electron chi connectivity index (χ2n) is 6.99. The molecule has 0 radical (unpaired) electrons. The zero-order valence-electron chi connectivity index (χ0n) is 16.8. The van der Waals surface area contributed by atoms with Crippen LogP contribution >= 0.6 is 0 Å². The maximum absolute atomic E-state index is 14.0. The van der Waals surface area contributed by atoms with Gasteiger partial charge >= 0.3 is 35.8 Å². The van der Waals surface area contributed by atoms with Gasteiger partial charge in [-0.2, -0.15) is 57.1 Å². The first-order valence-electron chi connectivity index (χ1n) is 9.11. The minimum absolute atomic E-state index is 0.272. The SMILES string of the molecule is CCN(CC)c1cccc(C(O)CC(F)(F)C(F)(F)C(F)(F)C(F)(F)C(F)(F)C(F)(F)F)c1. The molecular weight excluding hydrogens is 493 g/mol. The number of halogens is 13. The van der Waals surface area contributed by atoms with Gasteiger partial charge in [0, 0.05) is 25.2 Å². The summed E-state index contributed by atoms with van der Waals surface area (Å²) >= 11 is 0. The lowest BCUT2D eigenvalue weighted by Gasteiger charge is -2.40. The van der Waals surface area contributed by atoms with Gasteiger partial charge in [-0.05, 0) is 31.5 Å². The van der Waals surface area contributed by atoms with E-state index in [0.29, 0.717) is 13.1 Å². The van der Waals surface area contributed by atoms with Gasteiger partial charge in [-0.15, -0.1) is 0 Å². The maximum Gasteiger partial charge on any atom is 0.460 e. The molecule has 1 N–H and O–H groups in total. The van der Waals surface area contributed by atoms with Gasteiger partial charge in [0.05, 0.1) is 6.10 Å². The van der Waals surface area contributed by atoms with Crippen LogP contribution in [0.15, 0.2) is 24.3 Å². The normalized spacial score (nSPS) is 15.5. The fourth-order valence-corrected chi connectivity index (χ4v) is 2.81. The molecular formula is C18H18F13NO. The third-order valence-corrected chi connectivity index (χ3v) is 4.83. The van der Waals surface area contributed by atoms with Crippen LogP contribution in [0.25, 0.3) is 0 Å². The lowest BCUT2D eigenvalue weighted by molar-refractivity contribution is -0.440. The van der Waals surface area contributed by atoms with Crippen molar-refractivity contribution in [3.05, 3.63) is 29.8 Å². The van der Waals surface area contributed by atoms with Crippen LogP contribution in [0.4, 0.5) is 62.8 Å². The molecule has 0 aliphatic rings. The zero-order chi connectivity index (χ0) is 26.3. The summed E-state index contributed by atoms with van der Waals surface area (Å²) in [7, 11) is 0. The van der Waals surface area contributed by atoms with E-state index in [1.807, 2.05) is 0 Å². The number of rotatable bonds is 10. The van der Waals surface area contributed by atoms with E-state index in [2.05, 4.69) is 0 Å². The molecule has 2 nitrogen and oxygen atoms in total. The molecule has 1 aromatic carbocycles. The fraction of sp³-hybridized carbons (Fsp3) is 0.667. The lowest BCUT2D eigenvalue weighted by Crippen LogP contribution is -2.70. The van der Waals surface area contributed by atoms with Crippen LogP contribution in [0.2, 0.25) is 0 Å². The highest BCUT2D eigenvalue weighted by molar-refractivity contribution is 5.49. The molecule has 15 heteroatoms. The van der Waals surface area contributed by atoms with Gasteiger partial charge in [0.25, 0.3) is 0 Å². The first kappa shape index (κ1) is 29.1. The minimum atomic E-state index is -7.96. The van der Waals surface area contributed by atoms with Crippen molar-refractivity contribution in [2.45, 2.75) is 62.2 Å². The molecule has 1 aromatic rings. The molecule has 0 heterocycles. The Kier molecular flexibility index (Phi) is 7.96. The smallest absolute Gasteiger partial charge is 0.388 e. The first-order chi connectivity index (χ1) is 14.6. The summed E-state index contributed by atoms with van der Waals surface area (Å²) in [6.45, 7) is 4.05. The van der Waals surface area contributed by atoms with E-state index in [-0.39, 0.29) is 5.69 Å². The highest BCUT2D eigenvalue weighted by Crippen LogP contribution is 2.61. The minimum Gasteiger partial charge on any atom is -0.388 e. The average molecular weight is 511 g/mol. The van der Waals surface area contributed by atoms with Crippen LogP contribution in [-0.4, -0.2) is 54.0 Å². The fourth-order valence-electron chi connectivity index (χ4n) is 2.81. The summed E-state index contributed by atoms with van der Waals surface area (Å²) < 4.78 is 171. The van der Waals surface area contributed by atoms with E-state index >= 15 is 0 Å². The third kappa shape index (κ3) is 4.83. The predicted octanol–water partition coefficient (Wildman–Crippen LogP) is 6.70. The molecule has 1 atom stereocenters. The number of alkyl halides is 13. The Bertz CT molecular complexity index is 803. The quantitative estimate of drug-likeness (QED) is 0.354. The van der Waals surface area contributed by atoms with Gasteiger partial charge < -0.3 is 10.0 Å². The van der Waals surface area contributed by atoms with E-state index in [0.717, 1.165) is 18.2 Å². The zero-order valence-corrected chi connectivity index (χ0v) is 16.8. The van der Waals surface area contributed by atoms with Crippen molar-refractivity contribution in [2.24, 2.45) is 0 Å². The molecule has 1 unspecified atom stereocenters. The molecule has 0 bridgehead atoms. The Morgan fingerprint density at radius 1 is 0.727 bits per heavy atom. The van der Waals surface area contributed by atoms with Crippen LogP contribution < -0.4 is 4.90 Å². The molecule has 0 saturated carbocycles. The molecule has 0 fully saturated rings. The summed E-state index contributed by atoms with van der Waals surface area (Å²) in [4.78, 5) is 1.59. The standard InChI is InChI=1S/C18H18F13NO/c1-3-32(4-2)11-7-5-6-10(8-11)12(33)9-13(19,20)14(21,22)15(23,24)16(25,26)17(27,28)18(29,30)31/h5-8,12,33H,3-4,9H2,1-2H3. The monoisotopic (exact) mass is 511 g/mol. The Balaban J connectivity index is 3.34. The Labute approximate surface area is 179 Å². The van der Waals surface area contributed by atoms with Crippen LogP contribution in [0, 0.1) is 0 Å². The van der Waals surface area contributed by atoms with E-state index in [1.165, 1.54) is 6.07 Å². The number of aliphatic hydroxyl groups is 1. The lowest BCUT2D eigenvalue weighted by atomic mass is 9.90. The number of nitrogens with zero attached hydrogens (tertiary/aromatic N) is 1. The number of anilines is 1. The van der Waals surface area contributed by atoms with Gasteiger partial charge in [-0.1, -0.05) is 12.1 Å².